The van der Waals surface area contributed by atoms with Crippen molar-refractivity contribution < 1.29 is 9.47 Å². The van der Waals surface area contributed by atoms with E-state index in [4.69, 9.17) is 9.47 Å². The number of methoxy groups -OCH3 is 1. The molecule has 3 nitrogen and oxygen atoms in total. The molecule has 0 aliphatic carbocycles. The first-order valence-electron chi connectivity index (χ1n) is 5.12. The van der Waals surface area contributed by atoms with E-state index in [1.54, 1.807) is 7.11 Å². The maximum absolute atomic E-state index is 5.23. The second-order valence-corrected chi connectivity index (χ2v) is 3.70. The molecule has 0 bridgehead atoms. The fourth-order valence-corrected chi connectivity index (χ4v) is 1.39. The summed E-state index contributed by atoms with van der Waals surface area (Å²) in [5.74, 6) is 0. The Morgan fingerprint density at radius 2 is 2.31 bits per heavy atom. The van der Waals surface area contributed by atoms with Gasteiger partial charge in [-0.1, -0.05) is 6.92 Å². The molecule has 2 unspecified atom stereocenters. The average Bonchev–Trinajstić information content (AvgIpc) is 2.94. The number of nitrogens with zero attached hydrogens (tertiary/aromatic N) is 1. The van der Waals surface area contributed by atoms with Crippen molar-refractivity contribution in [3.63, 3.8) is 0 Å². The highest BCUT2D eigenvalue weighted by atomic mass is 16.6. The standard InChI is InChI=1S/C10H21NO2/c1-4-9(2)11(5-6-12-3)7-10-8-13-10/h9-10H,4-8H2,1-3H3. The molecule has 3 heteroatoms. The summed E-state index contributed by atoms with van der Waals surface area (Å²) in [6.45, 7) is 8.33. The van der Waals surface area contributed by atoms with Crippen LogP contribution < -0.4 is 0 Å². The molecule has 1 saturated heterocycles. The average molecular weight is 187 g/mol. The third-order valence-electron chi connectivity index (χ3n) is 2.64. The summed E-state index contributed by atoms with van der Waals surface area (Å²) in [4.78, 5) is 2.45. The third-order valence-corrected chi connectivity index (χ3v) is 2.64. The van der Waals surface area contributed by atoms with Crippen molar-refractivity contribution in [2.24, 2.45) is 0 Å². The van der Waals surface area contributed by atoms with Gasteiger partial charge in [-0.3, -0.25) is 4.90 Å². The lowest BCUT2D eigenvalue weighted by Gasteiger charge is -2.27. The summed E-state index contributed by atoms with van der Waals surface area (Å²) in [6, 6.07) is 0.638. The highest BCUT2D eigenvalue weighted by Gasteiger charge is 2.26. The molecule has 0 aromatic heterocycles. The van der Waals surface area contributed by atoms with E-state index in [1.165, 1.54) is 6.42 Å². The molecule has 78 valence electrons. The second-order valence-electron chi connectivity index (χ2n) is 3.70. The summed E-state index contributed by atoms with van der Waals surface area (Å²) >= 11 is 0. The zero-order valence-corrected chi connectivity index (χ0v) is 8.95. The number of hydrogen-bond donors (Lipinski definition) is 0. The van der Waals surface area contributed by atoms with Gasteiger partial charge in [0.05, 0.1) is 19.3 Å². The van der Waals surface area contributed by atoms with Crippen molar-refractivity contribution in [1.82, 2.24) is 4.90 Å². The lowest BCUT2D eigenvalue weighted by atomic mass is 10.2. The minimum Gasteiger partial charge on any atom is -0.383 e. The predicted molar refractivity (Wildman–Crippen MR) is 52.9 cm³/mol. The van der Waals surface area contributed by atoms with Crippen LogP contribution in [0.2, 0.25) is 0 Å². The molecule has 1 aliphatic rings. The van der Waals surface area contributed by atoms with Crippen LogP contribution in [0.4, 0.5) is 0 Å². The van der Waals surface area contributed by atoms with Gasteiger partial charge in [-0.2, -0.15) is 0 Å². The summed E-state index contributed by atoms with van der Waals surface area (Å²) in [5.41, 5.74) is 0. The van der Waals surface area contributed by atoms with Gasteiger partial charge in [-0.05, 0) is 13.3 Å². The number of ether oxygens (including phenoxy) is 2. The van der Waals surface area contributed by atoms with E-state index in [2.05, 4.69) is 18.7 Å². The molecule has 1 heterocycles. The van der Waals surface area contributed by atoms with Gasteiger partial charge in [0.15, 0.2) is 0 Å². The first kappa shape index (κ1) is 11.0. The summed E-state index contributed by atoms with van der Waals surface area (Å²) in [5, 5.41) is 0. The van der Waals surface area contributed by atoms with Crippen LogP contribution in [0, 0.1) is 0 Å². The van der Waals surface area contributed by atoms with Gasteiger partial charge in [0, 0.05) is 26.2 Å². The van der Waals surface area contributed by atoms with Crippen LogP contribution in [0.3, 0.4) is 0 Å². The maximum atomic E-state index is 5.23. The van der Waals surface area contributed by atoms with Gasteiger partial charge >= 0.3 is 0 Å². The Morgan fingerprint density at radius 1 is 1.62 bits per heavy atom. The van der Waals surface area contributed by atoms with Gasteiger partial charge in [0.25, 0.3) is 0 Å². The monoisotopic (exact) mass is 187 g/mol. The number of epoxide rings is 1. The van der Waals surface area contributed by atoms with E-state index in [0.29, 0.717) is 12.1 Å². The van der Waals surface area contributed by atoms with Gasteiger partial charge in [-0.25, -0.2) is 0 Å². The molecule has 1 aliphatic heterocycles. The van der Waals surface area contributed by atoms with E-state index in [-0.39, 0.29) is 0 Å². The first-order chi connectivity index (χ1) is 6.27. The van der Waals surface area contributed by atoms with Gasteiger partial charge < -0.3 is 9.47 Å². The predicted octanol–water partition coefficient (Wildman–Crippen LogP) is 1.13. The molecule has 2 atom stereocenters. The molecule has 0 saturated carbocycles. The lowest BCUT2D eigenvalue weighted by Crippen LogP contribution is -2.38. The molecular weight excluding hydrogens is 166 g/mol. The topological polar surface area (TPSA) is 25.0 Å². The molecule has 1 rings (SSSR count). The van der Waals surface area contributed by atoms with Gasteiger partial charge in [-0.15, -0.1) is 0 Å². The van der Waals surface area contributed by atoms with Crippen molar-refractivity contribution >= 4 is 0 Å². The summed E-state index contributed by atoms with van der Waals surface area (Å²) in [7, 11) is 1.75. The molecule has 0 N–H and O–H groups in total. The maximum Gasteiger partial charge on any atom is 0.0936 e. The number of hydrogen-bond acceptors (Lipinski definition) is 3. The smallest absolute Gasteiger partial charge is 0.0936 e. The van der Waals surface area contributed by atoms with Crippen LogP contribution in [-0.2, 0) is 9.47 Å². The second kappa shape index (κ2) is 5.58. The molecule has 0 aromatic rings. The summed E-state index contributed by atoms with van der Waals surface area (Å²) in [6.07, 6.45) is 1.68. The normalized spacial score (nSPS) is 23.5. The Balaban J connectivity index is 2.23. The van der Waals surface area contributed by atoms with Crippen LogP contribution >= 0.6 is 0 Å². The minimum absolute atomic E-state index is 0.492. The van der Waals surface area contributed by atoms with Crippen LogP contribution in [0.25, 0.3) is 0 Å². The molecule has 0 radical (unpaired) electrons. The zero-order valence-electron chi connectivity index (χ0n) is 8.95. The quantitative estimate of drug-likeness (QED) is 0.559. The number of rotatable bonds is 7. The fourth-order valence-electron chi connectivity index (χ4n) is 1.39. The fraction of sp³-hybridized carbons (Fsp3) is 1.00. The van der Waals surface area contributed by atoms with Crippen LogP contribution in [0.15, 0.2) is 0 Å². The molecule has 0 spiro atoms. The molecule has 0 amide bonds. The largest absolute Gasteiger partial charge is 0.383 e. The Bertz CT molecular complexity index is 137. The lowest BCUT2D eigenvalue weighted by molar-refractivity contribution is 0.116. The Kier molecular flexibility index (Phi) is 4.70. The van der Waals surface area contributed by atoms with Crippen molar-refractivity contribution in [2.45, 2.75) is 32.4 Å². The highest BCUT2D eigenvalue weighted by molar-refractivity contribution is 4.77. The molecule has 1 fully saturated rings. The van der Waals surface area contributed by atoms with Crippen LogP contribution in [0.5, 0.6) is 0 Å². The van der Waals surface area contributed by atoms with Crippen molar-refractivity contribution in [1.29, 1.82) is 0 Å². The van der Waals surface area contributed by atoms with Gasteiger partial charge in [0.2, 0.25) is 0 Å². The molecule has 0 aromatic carbocycles. The Labute approximate surface area is 81.0 Å². The van der Waals surface area contributed by atoms with Crippen molar-refractivity contribution in [2.75, 3.05) is 33.4 Å². The van der Waals surface area contributed by atoms with Crippen LogP contribution in [-0.4, -0.2) is 50.5 Å². The van der Waals surface area contributed by atoms with E-state index in [9.17, 15) is 0 Å². The summed E-state index contributed by atoms with van der Waals surface area (Å²) < 4.78 is 10.3. The highest BCUT2D eigenvalue weighted by Crippen LogP contribution is 2.13. The molecule has 13 heavy (non-hydrogen) atoms. The van der Waals surface area contributed by atoms with E-state index >= 15 is 0 Å². The van der Waals surface area contributed by atoms with Gasteiger partial charge in [0.1, 0.15) is 0 Å². The van der Waals surface area contributed by atoms with E-state index in [0.717, 1.165) is 26.3 Å². The first-order valence-corrected chi connectivity index (χ1v) is 5.12. The Hall–Kier alpha value is -0.120. The third kappa shape index (κ3) is 4.07. The van der Waals surface area contributed by atoms with E-state index < -0.39 is 0 Å². The van der Waals surface area contributed by atoms with Crippen molar-refractivity contribution in [3.8, 4) is 0 Å². The molecular formula is C10H21NO2. The zero-order chi connectivity index (χ0) is 9.68. The van der Waals surface area contributed by atoms with Crippen molar-refractivity contribution in [3.05, 3.63) is 0 Å². The van der Waals surface area contributed by atoms with E-state index in [1.807, 2.05) is 0 Å². The Morgan fingerprint density at radius 3 is 2.77 bits per heavy atom. The minimum atomic E-state index is 0.492. The SMILES string of the molecule is CCC(C)N(CCOC)CC1CO1. The van der Waals surface area contributed by atoms with Crippen LogP contribution in [0.1, 0.15) is 20.3 Å².